The van der Waals surface area contributed by atoms with E-state index in [1.807, 2.05) is 30.3 Å². The van der Waals surface area contributed by atoms with Crippen molar-refractivity contribution >= 4 is 5.91 Å². The summed E-state index contributed by atoms with van der Waals surface area (Å²) in [6.07, 6.45) is 1.50. The number of carbonyl (C=O) groups is 1. The molecule has 0 atom stereocenters. The van der Waals surface area contributed by atoms with Crippen molar-refractivity contribution in [2.24, 2.45) is 0 Å². The number of hydrogen-bond donors (Lipinski definition) is 0. The average Bonchev–Trinajstić information content (AvgIpc) is 2.99. The van der Waals surface area contributed by atoms with Crippen molar-refractivity contribution in [1.82, 2.24) is 14.7 Å². The minimum absolute atomic E-state index is 0.0426. The van der Waals surface area contributed by atoms with E-state index in [0.717, 1.165) is 11.8 Å². The average molecular weight is 341 g/mol. The first-order valence-electron chi connectivity index (χ1n) is 7.77. The molecule has 0 aliphatic carbocycles. The lowest BCUT2D eigenvalue weighted by atomic mass is 10.1. The number of para-hydroxylation sites is 1. The minimum Gasteiger partial charge on any atom is -0.337 e. The molecule has 0 aliphatic rings. The second kappa shape index (κ2) is 6.84. The fraction of sp³-hybridized carbons (Fsp3) is 0.158. The number of aromatic nitrogens is 2. The van der Waals surface area contributed by atoms with Gasteiger partial charge in [-0.25, -0.2) is 13.5 Å². The standard InChI is InChI=1S/C19H17F2N3O/c1-13-17(11-22-24(13)16-6-4-3-5-7-16)19(25)23(2)12-14-8-9-15(20)10-18(14)21/h3-11H,12H2,1-2H3. The summed E-state index contributed by atoms with van der Waals surface area (Å²) in [6, 6.07) is 12.8. The molecule has 4 nitrogen and oxygen atoms in total. The van der Waals surface area contributed by atoms with Gasteiger partial charge in [-0.15, -0.1) is 0 Å². The van der Waals surface area contributed by atoms with Crippen molar-refractivity contribution < 1.29 is 13.6 Å². The number of halogens is 2. The highest BCUT2D eigenvalue weighted by molar-refractivity contribution is 5.95. The van der Waals surface area contributed by atoms with Gasteiger partial charge in [-0.1, -0.05) is 24.3 Å². The molecule has 0 saturated heterocycles. The number of benzene rings is 2. The third kappa shape index (κ3) is 3.42. The molecular formula is C19H17F2N3O. The highest BCUT2D eigenvalue weighted by Gasteiger charge is 2.19. The Bertz CT molecular complexity index is 906. The smallest absolute Gasteiger partial charge is 0.257 e. The zero-order valence-corrected chi connectivity index (χ0v) is 13.9. The maximum atomic E-state index is 13.8. The Morgan fingerprint density at radius 3 is 2.56 bits per heavy atom. The van der Waals surface area contributed by atoms with Crippen LogP contribution < -0.4 is 0 Å². The number of amides is 1. The van der Waals surface area contributed by atoms with Crippen LogP contribution in [0.15, 0.2) is 54.7 Å². The van der Waals surface area contributed by atoms with E-state index < -0.39 is 11.6 Å². The van der Waals surface area contributed by atoms with E-state index in [1.165, 1.54) is 23.2 Å². The molecule has 1 aromatic heterocycles. The predicted molar refractivity (Wildman–Crippen MR) is 90.5 cm³/mol. The molecule has 0 bridgehead atoms. The Balaban J connectivity index is 1.82. The Kier molecular flexibility index (Phi) is 4.61. The quantitative estimate of drug-likeness (QED) is 0.725. The minimum atomic E-state index is -0.670. The molecule has 0 fully saturated rings. The van der Waals surface area contributed by atoms with Crippen LogP contribution in [0.1, 0.15) is 21.6 Å². The number of hydrogen-bond acceptors (Lipinski definition) is 2. The normalized spacial score (nSPS) is 10.7. The molecule has 0 N–H and O–H groups in total. The summed E-state index contributed by atoms with van der Waals surface area (Å²) >= 11 is 0. The second-order valence-electron chi connectivity index (χ2n) is 5.79. The van der Waals surface area contributed by atoms with E-state index in [2.05, 4.69) is 5.10 Å². The Morgan fingerprint density at radius 1 is 1.16 bits per heavy atom. The molecule has 6 heteroatoms. The molecule has 3 aromatic rings. The van der Waals surface area contributed by atoms with Crippen LogP contribution >= 0.6 is 0 Å². The first-order chi connectivity index (χ1) is 12.0. The van der Waals surface area contributed by atoms with Gasteiger partial charge in [0.25, 0.3) is 5.91 Å². The molecule has 0 spiro atoms. The molecule has 25 heavy (non-hydrogen) atoms. The largest absolute Gasteiger partial charge is 0.337 e. The van der Waals surface area contributed by atoms with Crippen molar-refractivity contribution in [2.75, 3.05) is 7.05 Å². The van der Waals surface area contributed by atoms with Crippen LogP contribution in [0.4, 0.5) is 8.78 Å². The van der Waals surface area contributed by atoms with E-state index in [4.69, 9.17) is 0 Å². The van der Waals surface area contributed by atoms with E-state index in [1.54, 1.807) is 18.7 Å². The van der Waals surface area contributed by atoms with Gasteiger partial charge in [-0.05, 0) is 25.1 Å². The zero-order valence-electron chi connectivity index (χ0n) is 13.9. The van der Waals surface area contributed by atoms with E-state index in [9.17, 15) is 13.6 Å². The topological polar surface area (TPSA) is 38.1 Å². The number of nitrogens with zero attached hydrogens (tertiary/aromatic N) is 3. The molecule has 0 aliphatic heterocycles. The number of rotatable bonds is 4. The summed E-state index contributed by atoms with van der Waals surface area (Å²) in [6.45, 7) is 1.85. The van der Waals surface area contributed by atoms with Crippen molar-refractivity contribution in [3.8, 4) is 5.69 Å². The molecule has 0 radical (unpaired) electrons. The fourth-order valence-corrected chi connectivity index (χ4v) is 2.63. The summed E-state index contributed by atoms with van der Waals surface area (Å²) in [5.41, 5.74) is 2.24. The summed E-state index contributed by atoms with van der Waals surface area (Å²) in [5.74, 6) is -1.59. The summed E-state index contributed by atoms with van der Waals surface area (Å²) in [4.78, 5) is 14.1. The fourth-order valence-electron chi connectivity index (χ4n) is 2.63. The lowest BCUT2D eigenvalue weighted by molar-refractivity contribution is 0.0783. The third-order valence-corrected chi connectivity index (χ3v) is 4.01. The van der Waals surface area contributed by atoms with Crippen LogP contribution in [0.25, 0.3) is 5.69 Å². The molecule has 0 unspecified atom stereocenters. The van der Waals surface area contributed by atoms with Gasteiger partial charge >= 0.3 is 0 Å². The molecule has 128 valence electrons. The van der Waals surface area contributed by atoms with Gasteiger partial charge in [-0.3, -0.25) is 4.79 Å². The zero-order chi connectivity index (χ0) is 18.0. The van der Waals surface area contributed by atoms with Gasteiger partial charge in [-0.2, -0.15) is 5.10 Å². The summed E-state index contributed by atoms with van der Waals surface area (Å²) in [7, 11) is 1.57. The molecule has 3 rings (SSSR count). The van der Waals surface area contributed by atoms with Crippen LogP contribution in [0.2, 0.25) is 0 Å². The van der Waals surface area contributed by atoms with Gasteiger partial charge in [0.2, 0.25) is 0 Å². The lowest BCUT2D eigenvalue weighted by Crippen LogP contribution is -2.27. The van der Waals surface area contributed by atoms with E-state index in [0.29, 0.717) is 11.3 Å². The van der Waals surface area contributed by atoms with Gasteiger partial charge in [0.05, 0.1) is 23.1 Å². The second-order valence-corrected chi connectivity index (χ2v) is 5.79. The molecule has 1 heterocycles. The Hall–Kier alpha value is -3.02. The van der Waals surface area contributed by atoms with Gasteiger partial charge in [0, 0.05) is 25.2 Å². The summed E-state index contributed by atoms with van der Waals surface area (Å²) in [5, 5.41) is 4.27. The SMILES string of the molecule is Cc1c(C(=O)N(C)Cc2ccc(F)cc2F)cnn1-c1ccccc1. The first kappa shape index (κ1) is 16.8. The highest BCUT2D eigenvalue weighted by Crippen LogP contribution is 2.17. The summed E-state index contributed by atoms with van der Waals surface area (Å²) < 4.78 is 28.5. The van der Waals surface area contributed by atoms with Crippen LogP contribution in [0.5, 0.6) is 0 Å². The van der Waals surface area contributed by atoms with Crippen molar-refractivity contribution in [2.45, 2.75) is 13.5 Å². The third-order valence-electron chi connectivity index (χ3n) is 4.01. The number of carbonyl (C=O) groups excluding carboxylic acids is 1. The highest BCUT2D eigenvalue weighted by atomic mass is 19.1. The van der Waals surface area contributed by atoms with Gasteiger partial charge < -0.3 is 4.90 Å². The predicted octanol–water partition coefficient (Wildman–Crippen LogP) is 3.73. The van der Waals surface area contributed by atoms with Gasteiger partial charge in [0.1, 0.15) is 11.6 Å². The van der Waals surface area contributed by atoms with Crippen molar-refractivity contribution in [3.63, 3.8) is 0 Å². The Labute approximate surface area is 144 Å². The van der Waals surface area contributed by atoms with Crippen LogP contribution in [-0.4, -0.2) is 27.6 Å². The van der Waals surface area contributed by atoms with E-state index >= 15 is 0 Å². The van der Waals surface area contributed by atoms with Crippen molar-refractivity contribution in [1.29, 1.82) is 0 Å². The van der Waals surface area contributed by atoms with Crippen LogP contribution in [0.3, 0.4) is 0 Å². The molecule has 1 amide bonds. The van der Waals surface area contributed by atoms with Gasteiger partial charge in [0.15, 0.2) is 0 Å². The molecule has 2 aromatic carbocycles. The van der Waals surface area contributed by atoms with Crippen LogP contribution in [0, 0.1) is 18.6 Å². The molecular weight excluding hydrogens is 324 g/mol. The lowest BCUT2D eigenvalue weighted by Gasteiger charge is -2.17. The van der Waals surface area contributed by atoms with E-state index in [-0.39, 0.29) is 18.0 Å². The Morgan fingerprint density at radius 2 is 1.88 bits per heavy atom. The maximum absolute atomic E-state index is 13.8. The van der Waals surface area contributed by atoms with Crippen LogP contribution in [-0.2, 0) is 6.54 Å². The maximum Gasteiger partial charge on any atom is 0.257 e. The first-order valence-corrected chi connectivity index (χ1v) is 7.77. The molecule has 0 saturated carbocycles. The monoisotopic (exact) mass is 341 g/mol. The van der Waals surface area contributed by atoms with Crippen molar-refractivity contribution in [3.05, 3.63) is 83.2 Å².